The average molecular weight is 331 g/mol. The Kier molecular flexibility index (Phi) is 4.64. The van der Waals surface area contributed by atoms with Gasteiger partial charge in [0.15, 0.2) is 11.5 Å². The lowest BCUT2D eigenvalue weighted by Gasteiger charge is -2.33. The molecule has 3 heterocycles. The molecule has 8 nitrogen and oxygen atoms in total. The Labute approximate surface area is 139 Å². The zero-order valence-corrected chi connectivity index (χ0v) is 13.8. The molecule has 2 aromatic rings. The molecule has 128 valence electrons. The number of hydrogen-bond donors (Lipinski definition) is 2. The van der Waals surface area contributed by atoms with Crippen molar-refractivity contribution in [2.45, 2.75) is 38.6 Å². The molecule has 24 heavy (non-hydrogen) atoms. The van der Waals surface area contributed by atoms with Crippen molar-refractivity contribution in [3.05, 3.63) is 40.3 Å². The molecule has 1 saturated heterocycles. The Morgan fingerprint density at radius 3 is 3.04 bits per heavy atom. The molecule has 1 aliphatic rings. The highest BCUT2D eigenvalue weighted by atomic mass is 16.5. The van der Waals surface area contributed by atoms with Crippen LogP contribution in [-0.4, -0.2) is 40.2 Å². The van der Waals surface area contributed by atoms with Crippen LogP contribution in [0.3, 0.4) is 0 Å². The first-order valence-electron chi connectivity index (χ1n) is 8.10. The molecule has 1 fully saturated rings. The Balaban J connectivity index is 1.65. The van der Waals surface area contributed by atoms with Crippen molar-refractivity contribution in [3.8, 4) is 0 Å². The summed E-state index contributed by atoms with van der Waals surface area (Å²) in [5.41, 5.74) is 0.0639. The van der Waals surface area contributed by atoms with Gasteiger partial charge in [0.25, 0.3) is 11.5 Å². The summed E-state index contributed by atoms with van der Waals surface area (Å²) in [6.07, 6.45) is 4.78. The van der Waals surface area contributed by atoms with Crippen LogP contribution in [0.2, 0.25) is 0 Å². The van der Waals surface area contributed by atoms with E-state index in [-0.39, 0.29) is 29.1 Å². The zero-order valence-electron chi connectivity index (χ0n) is 13.8. The maximum atomic E-state index is 12.3. The second-order valence-corrected chi connectivity index (χ2v) is 6.27. The van der Waals surface area contributed by atoms with E-state index in [1.807, 2.05) is 18.7 Å². The van der Waals surface area contributed by atoms with E-state index in [9.17, 15) is 9.59 Å². The number of nitrogens with one attached hydrogen (secondary N) is 2. The van der Waals surface area contributed by atoms with Gasteiger partial charge in [0.05, 0.1) is 0 Å². The fourth-order valence-corrected chi connectivity index (χ4v) is 2.78. The van der Waals surface area contributed by atoms with Crippen LogP contribution < -0.4 is 15.8 Å². The van der Waals surface area contributed by atoms with E-state index in [2.05, 4.69) is 20.4 Å². The molecule has 0 aromatic carbocycles. The number of nitrogens with zero attached hydrogens (tertiary/aromatic N) is 3. The summed E-state index contributed by atoms with van der Waals surface area (Å²) in [4.78, 5) is 32.8. The summed E-state index contributed by atoms with van der Waals surface area (Å²) in [7, 11) is 0. The first-order valence-corrected chi connectivity index (χ1v) is 8.10. The van der Waals surface area contributed by atoms with E-state index in [0.29, 0.717) is 18.1 Å². The van der Waals surface area contributed by atoms with Crippen LogP contribution in [0, 0.1) is 0 Å². The highest BCUT2D eigenvalue weighted by Gasteiger charge is 2.25. The first-order chi connectivity index (χ1) is 11.5. The van der Waals surface area contributed by atoms with Gasteiger partial charge in [-0.25, -0.2) is 4.98 Å². The lowest BCUT2D eigenvalue weighted by Crippen LogP contribution is -2.49. The van der Waals surface area contributed by atoms with Gasteiger partial charge in [0.2, 0.25) is 0 Å². The Morgan fingerprint density at radius 2 is 2.33 bits per heavy atom. The molecule has 2 aromatic heterocycles. The standard InChI is InChI=1S/C16H21N5O3/c1-10(2)13-8-12(20-24-13)15(22)19-11-4-3-7-21(9-11)14-16(23)18-6-5-17-14/h5-6,8,10-11H,3-4,7,9H2,1-2H3,(H,18,23)(H,19,22). The Hall–Kier alpha value is -2.64. The predicted molar refractivity (Wildman–Crippen MR) is 88.2 cm³/mol. The summed E-state index contributed by atoms with van der Waals surface area (Å²) in [6.45, 7) is 5.24. The molecule has 3 rings (SSSR count). The highest BCUT2D eigenvalue weighted by molar-refractivity contribution is 5.92. The molecule has 0 spiro atoms. The molecule has 0 aliphatic carbocycles. The van der Waals surface area contributed by atoms with Crippen molar-refractivity contribution in [1.29, 1.82) is 0 Å². The molecule has 0 bridgehead atoms. The van der Waals surface area contributed by atoms with Gasteiger partial charge in [-0.05, 0) is 12.8 Å². The average Bonchev–Trinajstić information content (AvgIpc) is 3.06. The smallest absolute Gasteiger partial charge is 0.290 e. The van der Waals surface area contributed by atoms with Gasteiger partial charge in [0, 0.05) is 43.5 Å². The topological polar surface area (TPSA) is 104 Å². The summed E-state index contributed by atoms with van der Waals surface area (Å²) in [6, 6.07) is 1.61. The number of aromatic nitrogens is 3. The van der Waals surface area contributed by atoms with Gasteiger partial charge < -0.3 is 19.7 Å². The highest BCUT2D eigenvalue weighted by Crippen LogP contribution is 2.17. The molecule has 1 aliphatic heterocycles. The fraction of sp³-hybridized carbons (Fsp3) is 0.500. The molecule has 1 atom stereocenters. The quantitative estimate of drug-likeness (QED) is 0.874. The number of amides is 1. The molecule has 8 heteroatoms. The van der Waals surface area contributed by atoms with Crippen LogP contribution in [0.5, 0.6) is 0 Å². The third kappa shape index (κ3) is 3.47. The van der Waals surface area contributed by atoms with Gasteiger partial charge in [-0.15, -0.1) is 0 Å². The number of hydrogen-bond acceptors (Lipinski definition) is 6. The first kappa shape index (κ1) is 16.2. The maximum absolute atomic E-state index is 12.3. The van der Waals surface area contributed by atoms with Gasteiger partial charge in [-0.3, -0.25) is 9.59 Å². The summed E-state index contributed by atoms with van der Waals surface area (Å²) in [5.74, 6) is 0.998. The van der Waals surface area contributed by atoms with Crippen LogP contribution in [0.25, 0.3) is 0 Å². The maximum Gasteiger partial charge on any atom is 0.290 e. The minimum Gasteiger partial charge on any atom is -0.360 e. The lowest BCUT2D eigenvalue weighted by atomic mass is 10.1. The van der Waals surface area contributed by atoms with Crippen molar-refractivity contribution >= 4 is 11.7 Å². The summed E-state index contributed by atoms with van der Waals surface area (Å²) in [5, 5.41) is 6.79. The summed E-state index contributed by atoms with van der Waals surface area (Å²) < 4.78 is 5.17. The van der Waals surface area contributed by atoms with Crippen molar-refractivity contribution < 1.29 is 9.32 Å². The van der Waals surface area contributed by atoms with E-state index in [0.717, 1.165) is 19.4 Å². The predicted octanol–water partition coefficient (Wildman–Crippen LogP) is 1.28. The van der Waals surface area contributed by atoms with Gasteiger partial charge in [-0.2, -0.15) is 0 Å². The molecule has 1 amide bonds. The van der Waals surface area contributed by atoms with Crippen LogP contribution >= 0.6 is 0 Å². The third-order valence-electron chi connectivity index (χ3n) is 4.08. The normalized spacial score (nSPS) is 18.0. The number of aromatic amines is 1. The number of carbonyl (C=O) groups excluding carboxylic acids is 1. The zero-order chi connectivity index (χ0) is 17.1. The van der Waals surface area contributed by atoms with Crippen molar-refractivity contribution in [2.75, 3.05) is 18.0 Å². The van der Waals surface area contributed by atoms with Crippen molar-refractivity contribution in [1.82, 2.24) is 20.4 Å². The summed E-state index contributed by atoms with van der Waals surface area (Å²) >= 11 is 0. The van der Waals surface area contributed by atoms with E-state index < -0.39 is 0 Å². The second kappa shape index (κ2) is 6.86. The van der Waals surface area contributed by atoms with Gasteiger partial charge in [0.1, 0.15) is 5.76 Å². The van der Waals surface area contributed by atoms with Gasteiger partial charge >= 0.3 is 0 Å². The number of carbonyl (C=O) groups is 1. The minimum atomic E-state index is -0.257. The van der Waals surface area contributed by atoms with Crippen LogP contribution in [0.4, 0.5) is 5.82 Å². The molecule has 0 saturated carbocycles. The van der Waals surface area contributed by atoms with Crippen molar-refractivity contribution in [2.24, 2.45) is 0 Å². The molecule has 2 N–H and O–H groups in total. The van der Waals surface area contributed by atoms with Crippen LogP contribution in [0.1, 0.15) is 48.9 Å². The Bertz CT molecular complexity index is 767. The van der Waals surface area contributed by atoms with E-state index in [1.54, 1.807) is 12.3 Å². The van der Waals surface area contributed by atoms with E-state index >= 15 is 0 Å². The number of piperidine rings is 1. The minimum absolute atomic E-state index is 0.0631. The largest absolute Gasteiger partial charge is 0.360 e. The molecule has 1 unspecified atom stereocenters. The number of rotatable bonds is 4. The van der Waals surface area contributed by atoms with Crippen LogP contribution in [0.15, 0.2) is 27.8 Å². The number of anilines is 1. The second-order valence-electron chi connectivity index (χ2n) is 6.27. The fourth-order valence-electron chi connectivity index (χ4n) is 2.78. The molecular weight excluding hydrogens is 310 g/mol. The monoisotopic (exact) mass is 331 g/mol. The molecule has 0 radical (unpaired) electrons. The molecular formula is C16H21N5O3. The van der Waals surface area contributed by atoms with Crippen LogP contribution in [-0.2, 0) is 0 Å². The Morgan fingerprint density at radius 1 is 1.50 bits per heavy atom. The van der Waals surface area contributed by atoms with Gasteiger partial charge in [-0.1, -0.05) is 19.0 Å². The third-order valence-corrected chi connectivity index (χ3v) is 4.08. The lowest BCUT2D eigenvalue weighted by molar-refractivity contribution is 0.0923. The number of H-pyrrole nitrogens is 1. The SMILES string of the molecule is CC(C)c1cc(C(=O)NC2CCCN(c3ncc[nH]c3=O)C2)no1. The van der Waals surface area contributed by atoms with Crippen molar-refractivity contribution in [3.63, 3.8) is 0 Å². The van der Waals surface area contributed by atoms with E-state index in [4.69, 9.17) is 4.52 Å². The van der Waals surface area contributed by atoms with E-state index in [1.165, 1.54) is 6.20 Å².